The van der Waals surface area contributed by atoms with E-state index in [0.717, 1.165) is 5.56 Å². The molecule has 2 amide bonds. The van der Waals surface area contributed by atoms with Crippen molar-refractivity contribution in [3.8, 4) is 0 Å². The van der Waals surface area contributed by atoms with Gasteiger partial charge in [-0.05, 0) is 48.0 Å². The zero-order valence-electron chi connectivity index (χ0n) is 15.3. The maximum atomic E-state index is 13.1. The van der Waals surface area contributed by atoms with Crippen LogP contribution in [0.1, 0.15) is 15.9 Å². The molecule has 0 aliphatic heterocycles. The molecular formula is C22H22N4O2. The van der Waals surface area contributed by atoms with E-state index in [2.05, 4.69) is 5.32 Å². The smallest absolute Gasteiger partial charge is 0.258 e. The molecule has 142 valence electrons. The Morgan fingerprint density at radius 3 is 2.36 bits per heavy atom. The van der Waals surface area contributed by atoms with E-state index >= 15 is 0 Å². The van der Waals surface area contributed by atoms with Crippen molar-refractivity contribution < 1.29 is 9.59 Å². The van der Waals surface area contributed by atoms with Crippen molar-refractivity contribution in [3.05, 3.63) is 90.0 Å². The number of hydrogen-bond acceptors (Lipinski definition) is 4. The molecule has 3 rings (SSSR count). The van der Waals surface area contributed by atoms with E-state index in [9.17, 15) is 9.59 Å². The first-order valence-electron chi connectivity index (χ1n) is 8.88. The molecule has 0 atom stereocenters. The van der Waals surface area contributed by atoms with Crippen LogP contribution in [-0.4, -0.2) is 18.4 Å². The van der Waals surface area contributed by atoms with E-state index in [4.69, 9.17) is 11.5 Å². The van der Waals surface area contributed by atoms with Gasteiger partial charge in [0, 0.05) is 29.2 Å². The second-order valence-corrected chi connectivity index (χ2v) is 6.30. The number of nitrogen functional groups attached to an aromatic ring is 1. The van der Waals surface area contributed by atoms with Gasteiger partial charge in [0.25, 0.3) is 5.91 Å². The predicted molar refractivity (Wildman–Crippen MR) is 112 cm³/mol. The van der Waals surface area contributed by atoms with Crippen molar-refractivity contribution in [2.45, 2.75) is 6.54 Å². The fraction of sp³-hybridized carbons (Fsp3) is 0.0909. The first kappa shape index (κ1) is 19.1. The maximum absolute atomic E-state index is 13.1. The van der Waals surface area contributed by atoms with Gasteiger partial charge in [-0.2, -0.15) is 0 Å². The second-order valence-electron chi connectivity index (χ2n) is 6.30. The molecule has 6 nitrogen and oxygen atoms in total. The third-order valence-electron chi connectivity index (χ3n) is 4.19. The largest absolute Gasteiger partial charge is 0.399 e. The Morgan fingerprint density at radius 2 is 1.64 bits per heavy atom. The summed E-state index contributed by atoms with van der Waals surface area (Å²) in [6, 6.07) is 23.1. The van der Waals surface area contributed by atoms with Crippen molar-refractivity contribution in [2.75, 3.05) is 22.5 Å². The van der Waals surface area contributed by atoms with Crippen LogP contribution < -0.4 is 21.7 Å². The van der Waals surface area contributed by atoms with Crippen LogP contribution in [0.15, 0.2) is 78.9 Å². The molecule has 0 unspecified atom stereocenters. The van der Waals surface area contributed by atoms with Crippen LogP contribution >= 0.6 is 0 Å². The lowest BCUT2D eigenvalue weighted by Crippen LogP contribution is -2.38. The van der Waals surface area contributed by atoms with Gasteiger partial charge < -0.3 is 16.8 Å². The highest BCUT2D eigenvalue weighted by Gasteiger charge is 2.21. The molecule has 0 aliphatic rings. The monoisotopic (exact) mass is 374 g/mol. The number of benzene rings is 3. The van der Waals surface area contributed by atoms with Gasteiger partial charge in [-0.15, -0.1) is 0 Å². The molecule has 0 aromatic heterocycles. The Kier molecular flexibility index (Phi) is 6.04. The first-order valence-corrected chi connectivity index (χ1v) is 8.88. The van der Waals surface area contributed by atoms with Gasteiger partial charge >= 0.3 is 0 Å². The Labute approximate surface area is 163 Å². The van der Waals surface area contributed by atoms with E-state index in [1.54, 1.807) is 54.6 Å². The molecule has 3 aromatic rings. The van der Waals surface area contributed by atoms with E-state index in [1.165, 1.54) is 4.90 Å². The third kappa shape index (κ3) is 4.75. The molecule has 6 heteroatoms. The van der Waals surface area contributed by atoms with Crippen molar-refractivity contribution in [1.82, 2.24) is 0 Å². The van der Waals surface area contributed by atoms with Crippen LogP contribution in [0.3, 0.4) is 0 Å². The highest BCUT2D eigenvalue weighted by Crippen LogP contribution is 2.18. The van der Waals surface area contributed by atoms with Crippen LogP contribution in [0.25, 0.3) is 0 Å². The summed E-state index contributed by atoms with van der Waals surface area (Å²) in [6.07, 6.45) is 0. The number of hydrogen-bond donors (Lipinski definition) is 3. The number of anilines is 3. The molecule has 0 spiro atoms. The zero-order chi connectivity index (χ0) is 19.9. The zero-order valence-corrected chi connectivity index (χ0v) is 15.3. The average molecular weight is 374 g/mol. The topological polar surface area (TPSA) is 101 Å². The van der Waals surface area contributed by atoms with Crippen LogP contribution in [0, 0.1) is 0 Å². The lowest BCUT2D eigenvalue weighted by atomic mass is 10.1. The number of nitrogens with one attached hydrogen (secondary N) is 1. The molecule has 0 aliphatic carbocycles. The summed E-state index contributed by atoms with van der Waals surface area (Å²) in [6.45, 7) is 0.201. The summed E-state index contributed by atoms with van der Waals surface area (Å²) in [5, 5.41) is 2.78. The number of rotatable bonds is 6. The van der Waals surface area contributed by atoms with Crippen molar-refractivity contribution in [1.29, 1.82) is 0 Å². The minimum atomic E-state index is -0.321. The molecule has 0 saturated carbocycles. The second kappa shape index (κ2) is 8.83. The van der Waals surface area contributed by atoms with Gasteiger partial charge in [0.15, 0.2) is 0 Å². The van der Waals surface area contributed by atoms with E-state index in [1.807, 2.05) is 24.3 Å². The normalized spacial score (nSPS) is 10.3. The standard InChI is InChI=1S/C22H22N4O2/c23-14-16-6-4-7-17(12-16)22(28)26(20-10-2-1-3-11-20)15-21(27)25-19-9-5-8-18(24)13-19/h1-13H,14-15,23-24H2,(H,25,27). The Hall–Kier alpha value is -3.64. The molecule has 0 radical (unpaired) electrons. The van der Waals surface area contributed by atoms with Gasteiger partial charge in [0.05, 0.1) is 0 Å². The maximum Gasteiger partial charge on any atom is 0.258 e. The summed E-state index contributed by atoms with van der Waals surface area (Å²) in [7, 11) is 0. The molecular weight excluding hydrogens is 352 g/mol. The SMILES string of the molecule is NCc1cccc(C(=O)N(CC(=O)Nc2cccc(N)c2)c2ccccc2)c1. The van der Waals surface area contributed by atoms with E-state index in [-0.39, 0.29) is 18.4 Å². The molecule has 0 saturated heterocycles. The molecule has 28 heavy (non-hydrogen) atoms. The Balaban J connectivity index is 1.85. The van der Waals surface area contributed by atoms with E-state index < -0.39 is 0 Å². The number of amides is 2. The van der Waals surface area contributed by atoms with Crippen molar-refractivity contribution in [3.63, 3.8) is 0 Å². The minimum absolute atomic E-state index is 0.134. The average Bonchev–Trinajstić information content (AvgIpc) is 2.72. The summed E-state index contributed by atoms with van der Waals surface area (Å²) >= 11 is 0. The summed E-state index contributed by atoms with van der Waals surface area (Å²) < 4.78 is 0. The predicted octanol–water partition coefficient (Wildman–Crippen LogP) is 3.01. The quantitative estimate of drug-likeness (QED) is 0.577. The lowest BCUT2D eigenvalue weighted by Gasteiger charge is -2.23. The van der Waals surface area contributed by atoms with Crippen LogP contribution in [0.5, 0.6) is 0 Å². The minimum Gasteiger partial charge on any atom is -0.399 e. The molecule has 3 aromatic carbocycles. The molecule has 5 N–H and O–H groups in total. The molecule has 0 bridgehead atoms. The molecule has 0 fully saturated rings. The van der Waals surface area contributed by atoms with Crippen LogP contribution in [0.2, 0.25) is 0 Å². The van der Waals surface area contributed by atoms with Gasteiger partial charge in [0.1, 0.15) is 6.54 Å². The number of nitrogens with zero attached hydrogens (tertiary/aromatic N) is 1. The van der Waals surface area contributed by atoms with Gasteiger partial charge in [-0.25, -0.2) is 0 Å². The van der Waals surface area contributed by atoms with Gasteiger partial charge in [0.2, 0.25) is 5.91 Å². The highest BCUT2D eigenvalue weighted by atomic mass is 16.2. The van der Waals surface area contributed by atoms with E-state index in [0.29, 0.717) is 29.2 Å². The van der Waals surface area contributed by atoms with Crippen molar-refractivity contribution in [2.24, 2.45) is 5.73 Å². The molecule has 0 heterocycles. The number of para-hydroxylation sites is 1. The lowest BCUT2D eigenvalue weighted by molar-refractivity contribution is -0.114. The van der Waals surface area contributed by atoms with Crippen molar-refractivity contribution >= 4 is 28.9 Å². The number of carbonyl (C=O) groups excluding carboxylic acids is 2. The summed E-state index contributed by atoms with van der Waals surface area (Å²) in [5.74, 6) is -0.595. The van der Waals surface area contributed by atoms with Gasteiger partial charge in [-0.3, -0.25) is 14.5 Å². The van der Waals surface area contributed by atoms with Crippen LogP contribution in [-0.2, 0) is 11.3 Å². The highest BCUT2D eigenvalue weighted by molar-refractivity contribution is 6.10. The Morgan fingerprint density at radius 1 is 0.893 bits per heavy atom. The number of nitrogens with two attached hydrogens (primary N) is 2. The summed E-state index contributed by atoms with van der Waals surface area (Å²) in [5.41, 5.74) is 14.5. The third-order valence-corrected chi connectivity index (χ3v) is 4.19. The first-order chi connectivity index (χ1) is 13.6. The Bertz CT molecular complexity index is 973. The van der Waals surface area contributed by atoms with Gasteiger partial charge in [-0.1, -0.05) is 36.4 Å². The number of carbonyl (C=O) groups is 2. The van der Waals surface area contributed by atoms with Crippen LogP contribution in [0.4, 0.5) is 17.1 Å². The fourth-order valence-corrected chi connectivity index (χ4v) is 2.84. The fourth-order valence-electron chi connectivity index (χ4n) is 2.84. The summed E-state index contributed by atoms with van der Waals surface area (Å²) in [4.78, 5) is 27.2.